The van der Waals surface area contributed by atoms with E-state index in [-0.39, 0.29) is 52.4 Å². The van der Waals surface area contributed by atoms with E-state index in [2.05, 4.69) is 0 Å². The van der Waals surface area contributed by atoms with Crippen molar-refractivity contribution in [2.24, 2.45) is 0 Å². The van der Waals surface area contributed by atoms with Gasteiger partial charge in [0, 0.05) is 37.7 Å². The van der Waals surface area contributed by atoms with Crippen molar-refractivity contribution in [1.82, 2.24) is 0 Å². The average Bonchev–Trinajstić information content (AvgIpc) is 1.39. The molecule has 0 heterocycles. The van der Waals surface area contributed by atoms with E-state index in [1.165, 1.54) is 0 Å². The Balaban J connectivity index is -0.0000000400. The maximum atomic E-state index is 8.36. The molecule has 0 aliphatic carbocycles. The summed E-state index contributed by atoms with van der Waals surface area (Å²) in [6.07, 6.45) is 0. The average molecular weight is 128 g/mol. The Morgan fingerprint density at radius 3 is 1.00 bits per heavy atom. The summed E-state index contributed by atoms with van der Waals surface area (Å²) in [5.41, 5.74) is 0. The summed E-state index contributed by atoms with van der Waals surface area (Å²) in [5, 5.41) is 13.8. The van der Waals surface area contributed by atoms with Crippen LogP contribution in [0, 0.1) is 0 Å². The summed E-state index contributed by atoms with van der Waals surface area (Å²) < 4.78 is 16.7. The van der Waals surface area contributed by atoms with E-state index in [1.54, 1.807) is 0 Å². The van der Waals surface area contributed by atoms with Crippen molar-refractivity contribution in [2.75, 3.05) is 0 Å². The first-order chi connectivity index (χ1) is 2.83. The Labute approximate surface area is 71.5 Å². The zero-order valence-corrected chi connectivity index (χ0v) is 5.78. The van der Waals surface area contributed by atoms with Crippen molar-refractivity contribution in [3.05, 3.63) is 0 Å². The Bertz CT molecular complexity index is 30.7. The van der Waals surface area contributed by atoms with Gasteiger partial charge in [0.2, 0.25) is 0 Å². The zero-order chi connectivity index (χ0) is 5.41. The van der Waals surface area contributed by atoms with Gasteiger partial charge in [0.25, 0.3) is 0 Å². The van der Waals surface area contributed by atoms with Crippen LogP contribution in [0.5, 0.6) is 0 Å². The van der Waals surface area contributed by atoms with Crippen LogP contribution in [0.25, 0.3) is 0 Å². The van der Waals surface area contributed by atoms with Crippen LogP contribution in [0.3, 0.4) is 0 Å². The first-order valence-corrected chi connectivity index (χ1v) is 0.988. The Morgan fingerprint density at radius 1 is 1.00 bits per heavy atom. The summed E-state index contributed by atoms with van der Waals surface area (Å²) in [7, 11) is -0.500. The second kappa shape index (κ2) is 30.7. The molecule has 0 spiro atoms. The molecule has 0 aromatic carbocycles. The molecule has 2 N–H and O–H groups in total. The van der Waals surface area contributed by atoms with Gasteiger partial charge >= 0.3 is 34.2 Å². The van der Waals surface area contributed by atoms with Gasteiger partial charge in [-0.3, -0.25) is 0 Å². The summed E-state index contributed by atoms with van der Waals surface area (Å²) >= 11 is 0. The van der Waals surface area contributed by atoms with E-state index < -0.39 is 0 Å². The molecule has 34 valence electrons. The third-order valence-electron chi connectivity index (χ3n) is 0. The molecule has 0 aliphatic heterocycles. The maximum absolute atomic E-state index is 8.36. The fourth-order valence-electron chi connectivity index (χ4n) is 0. The Hall–Kier alpha value is 0.590. The van der Waals surface area contributed by atoms with E-state index in [0.29, 0.717) is 0 Å². The van der Waals surface area contributed by atoms with Gasteiger partial charge in [-0.15, -0.1) is 0 Å². The van der Waals surface area contributed by atoms with Crippen LogP contribution < -0.4 is 0 Å². The van der Waals surface area contributed by atoms with E-state index >= 15 is 0 Å². The smallest absolute Gasteiger partial charge is 0 e. The van der Waals surface area contributed by atoms with Crippen LogP contribution in [0.15, 0.2) is 0 Å². The predicted molar refractivity (Wildman–Crippen MR) is 23.1 cm³/mol. The second-order valence-corrected chi connectivity index (χ2v) is 0.211. The molecule has 0 rings (SSSR count). The molecule has 2 radical (unpaired) electrons. The van der Waals surface area contributed by atoms with Gasteiger partial charge in [-0.25, -0.2) is 0 Å². The molecule has 0 saturated heterocycles. The fraction of sp³-hybridized carbons (Fsp3) is 0. The minimum Gasteiger partial charge on any atom is 0 e. The van der Waals surface area contributed by atoms with Crippen molar-refractivity contribution in [3.63, 3.8) is 0 Å². The molecule has 0 aromatic rings. The second-order valence-electron chi connectivity index (χ2n) is 0.211. The van der Waals surface area contributed by atoms with Crippen LogP contribution in [-0.2, 0) is 9.41 Å². The van der Waals surface area contributed by atoms with Gasteiger partial charge in [-0.05, 0) is 0 Å². The third-order valence-corrected chi connectivity index (χ3v) is 0. The number of hydrogen-bond donors (Lipinski definition) is 2. The predicted octanol–water partition coefficient (Wildman–Crippen LogP) is -2.49. The van der Waals surface area contributed by atoms with Gasteiger partial charge in [-0.2, -0.15) is 0 Å². The molecule has 0 saturated carbocycles. The molecule has 4 nitrogen and oxygen atoms in total. The molecular weight excluding hydrogens is 126 g/mol. The summed E-state index contributed by atoms with van der Waals surface area (Å²) in [4.78, 5) is 0. The Kier molecular flexibility index (Phi) is 68.6. The Morgan fingerprint density at radius 2 is 1.00 bits per heavy atom. The van der Waals surface area contributed by atoms with E-state index in [0.717, 1.165) is 0 Å². The monoisotopic (exact) mass is 128 g/mol. The molecule has 7 heavy (non-hydrogen) atoms. The first kappa shape index (κ1) is 15.6. The normalized spacial score (nSPS) is 2.29. The van der Waals surface area contributed by atoms with Gasteiger partial charge in [0.15, 0.2) is 0 Å². The molecule has 0 bridgehead atoms. The van der Waals surface area contributed by atoms with Crippen molar-refractivity contribution in [2.45, 2.75) is 0 Å². The fourth-order valence-corrected chi connectivity index (χ4v) is 0. The van der Waals surface area contributed by atoms with Crippen molar-refractivity contribution < 1.29 is 19.5 Å². The molecule has 0 aliphatic rings. The van der Waals surface area contributed by atoms with Gasteiger partial charge in [0.05, 0.1) is 0 Å². The van der Waals surface area contributed by atoms with Crippen molar-refractivity contribution in [1.29, 1.82) is 0 Å². The van der Waals surface area contributed by atoms with Crippen LogP contribution in [-0.4, -0.2) is 62.5 Å². The molecule has 0 fully saturated rings. The van der Waals surface area contributed by atoms with E-state index in [1.807, 2.05) is 0 Å². The topological polar surface area (TPSA) is 74.6 Å². The van der Waals surface area contributed by atoms with Crippen LogP contribution in [0.1, 0.15) is 0 Å². The molecule has 0 atom stereocenters. The van der Waals surface area contributed by atoms with E-state index in [4.69, 9.17) is 19.5 Å². The SMILES string of the molecule is O=BO.O=BO.[Ca]. The van der Waals surface area contributed by atoms with Gasteiger partial charge in [0.1, 0.15) is 0 Å². The molecule has 7 heteroatoms. The zero-order valence-electron chi connectivity index (χ0n) is 3.57. The van der Waals surface area contributed by atoms with Crippen LogP contribution in [0.4, 0.5) is 0 Å². The molecular formula is H2B2CaO4. The first-order valence-electron chi connectivity index (χ1n) is 0.988. The summed E-state index contributed by atoms with van der Waals surface area (Å²) in [5.74, 6) is 0. The minimum absolute atomic E-state index is 0. The van der Waals surface area contributed by atoms with Crippen LogP contribution >= 0.6 is 0 Å². The van der Waals surface area contributed by atoms with Crippen molar-refractivity contribution in [3.8, 4) is 0 Å². The molecule has 0 aromatic heterocycles. The third kappa shape index (κ3) is 399. The number of hydrogen-bond acceptors (Lipinski definition) is 2. The standard InChI is InChI=1S/2BHO2.Ca/c2*2-1-3;/h2*2H;. The maximum Gasteiger partial charge on any atom is 0 e. The summed E-state index contributed by atoms with van der Waals surface area (Å²) in [6.45, 7) is 0. The number of rotatable bonds is 0. The molecule has 0 unspecified atom stereocenters. The van der Waals surface area contributed by atoms with Crippen molar-refractivity contribution >= 4 is 52.4 Å². The summed E-state index contributed by atoms with van der Waals surface area (Å²) in [6, 6.07) is 0. The van der Waals surface area contributed by atoms with Gasteiger partial charge in [-0.1, -0.05) is 0 Å². The minimum atomic E-state index is -0.250. The van der Waals surface area contributed by atoms with Crippen LogP contribution in [0.2, 0.25) is 0 Å². The largest absolute Gasteiger partial charge is 0 e. The quantitative estimate of drug-likeness (QED) is 0.353. The van der Waals surface area contributed by atoms with Gasteiger partial charge < -0.3 is 0 Å². The van der Waals surface area contributed by atoms with E-state index in [9.17, 15) is 0 Å². The molecule has 0 amide bonds.